The fourth-order valence-corrected chi connectivity index (χ4v) is 2.69. The zero-order valence-corrected chi connectivity index (χ0v) is 14.4. The average Bonchev–Trinajstić information content (AvgIpc) is 3.14. The van der Waals surface area contributed by atoms with Gasteiger partial charge in [0.15, 0.2) is 0 Å². The number of rotatable bonds is 6. The highest BCUT2D eigenvalue weighted by atomic mass is 16.5. The molecule has 1 saturated heterocycles. The van der Waals surface area contributed by atoms with Crippen molar-refractivity contribution in [3.05, 3.63) is 42.4 Å². The predicted molar refractivity (Wildman–Crippen MR) is 94.3 cm³/mol. The minimum absolute atomic E-state index is 0.0123. The Kier molecular flexibility index (Phi) is 5.84. The van der Waals surface area contributed by atoms with E-state index in [1.165, 1.54) is 0 Å². The molecule has 0 saturated carbocycles. The van der Waals surface area contributed by atoms with Gasteiger partial charge in [0.05, 0.1) is 19.8 Å². The Morgan fingerprint density at radius 1 is 1.36 bits per heavy atom. The van der Waals surface area contributed by atoms with E-state index in [9.17, 15) is 4.79 Å². The van der Waals surface area contributed by atoms with Crippen LogP contribution in [0.3, 0.4) is 0 Å². The Morgan fingerprint density at radius 2 is 2.20 bits per heavy atom. The van der Waals surface area contributed by atoms with Gasteiger partial charge < -0.3 is 20.3 Å². The third-order valence-corrected chi connectivity index (χ3v) is 3.99. The number of anilines is 1. The number of urea groups is 1. The maximum atomic E-state index is 12.0. The molecule has 0 spiro atoms. The Morgan fingerprint density at radius 3 is 2.88 bits per heavy atom. The molecule has 2 aromatic rings. The lowest BCUT2D eigenvalue weighted by Crippen LogP contribution is -2.42. The van der Waals surface area contributed by atoms with Gasteiger partial charge in [0.2, 0.25) is 0 Å². The lowest BCUT2D eigenvalue weighted by Gasteiger charge is -2.27. The standard InChI is InChI=1S/C17H24N6O2/c1-14(13-23-6-2-5-20-23)21-17(24)19-12-15-3-4-16(18-11-15)22-7-9-25-10-8-22/h2-6,11,14H,7-10,12-13H2,1H3,(H2,19,21,24)/t14-/m1/s1. The quantitative estimate of drug-likeness (QED) is 0.817. The summed E-state index contributed by atoms with van der Waals surface area (Å²) in [5, 5.41) is 9.88. The molecule has 2 amide bonds. The normalized spacial score (nSPS) is 15.6. The Hall–Kier alpha value is -2.61. The van der Waals surface area contributed by atoms with E-state index in [-0.39, 0.29) is 12.1 Å². The number of ether oxygens (including phenoxy) is 1. The molecular formula is C17H24N6O2. The molecule has 0 aromatic carbocycles. The molecule has 1 atom stereocenters. The number of hydrogen-bond acceptors (Lipinski definition) is 5. The van der Waals surface area contributed by atoms with Crippen LogP contribution in [-0.4, -0.2) is 53.1 Å². The van der Waals surface area contributed by atoms with E-state index in [2.05, 4.69) is 25.6 Å². The third kappa shape index (κ3) is 5.18. The molecule has 2 aromatic heterocycles. The van der Waals surface area contributed by atoms with Crippen molar-refractivity contribution in [2.24, 2.45) is 0 Å². The van der Waals surface area contributed by atoms with E-state index in [1.807, 2.05) is 31.3 Å². The molecule has 2 N–H and O–H groups in total. The van der Waals surface area contributed by atoms with Gasteiger partial charge in [0.25, 0.3) is 0 Å². The van der Waals surface area contributed by atoms with Gasteiger partial charge in [-0.15, -0.1) is 0 Å². The SMILES string of the molecule is C[C@H](Cn1cccn1)NC(=O)NCc1ccc(N2CCOCC2)nc1. The van der Waals surface area contributed by atoms with Crippen molar-refractivity contribution < 1.29 is 9.53 Å². The molecule has 25 heavy (non-hydrogen) atoms. The number of aromatic nitrogens is 3. The second-order valence-electron chi connectivity index (χ2n) is 6.08. The summed E-state index contributed by atoms with van der Waals surface area (Å²) >= 11 is 0. The van der Waals surface area contributed by atoms with Crippen molar-refractivity contribution in [1.29, 1.82) is 0 Å². The van der Waals surface area contributed by atoms with Crippen LogP contribution in [-0.2, 0) is 17.8 Å². The molecule has 0 unspecified atom stereocenters. The van der Waals surface area contributed by atoms with Crippen LogP contribution in [0.25, 0.3) is 0 Å². The highest BCUT2D eigenvalue weighted by molar-refractivity contribution is 5.74. The van der Waals surface area contributed by atoms with E-state index < -0.39 is 0 Å². The topological polar surface area (TPSA) is 84.3 Å². The van der Waals surface area contributed by atoms with Gasteiger partial charge in [-0.05, 0) is 24.6 Å². The van der Waals surface area contributed by atoms with E-state index in [1.54, 1.807) is 17.1 Å². The minimum Gasteiger partial charge on any atom is -0.378 e. The highest BCUT2D eigenvalue weighted by Gasteiger charge is 2.12. The monoisotopic (exact) mass is 344 g/mol. The van der Waals surface area contributed by atoms with Gasteiger partial charge in [0, 0.05) is 44.3 Å². The van der Waals surface area contributed by atoms with Crippen LogP contribution in [0.4, 0.5) is 10.6 Å². The van der Waals surface area contributed by atoms with Gasteiger partial charge in [-0.3, -0.25) is 4.68 Å². The Bertz CT molecular complexity index is 652. The molecule has 1 aliphatic heterocycles. The molecule has 0 bridgehead atoms. The average molecular weight is 344 g/mol. The van der Waals surface area contributed by atoms with Crippen molar-refractivity contribution in [3.63, 3.8) is 0 Å². The molecule has 3 rings (SSSR count). The van der Waals surface area contributed by atoms with Gasteiger partial charge in [-0.25, -0.2) is 9.78 Å². The van der Waals surface area contributed by atoms with E-state index in [0.717, 1.165) is 37.7 Å². The molecule has 1 fully saturated rings. The number of pyridine rings is 1. The first-order chi connectivity index (χ1) is 12.2. The number of nitrogens with one attached hydrogen (secondary N) is 2. The fourth-order valence-electron chi connectivity index (χ4n) is 2.69. The molecule has 3 heterocycles. The molecular weight excluding hydrogens is 320 g/mol. The van der Waals surface area contributed by atoms with Gasteiger partial charge in [-0.2, -0.15) is 5.10 Å². The van der Waals surface area contributed by atoms with Crippen LogP contribution in [0.2, 0.25) is 0 Å². The molecule has 8 heteroatoms. The summed E-state index contributed by atoms with van der Waals surface area (Å²) in [6.07, 6.45) is 5.40. The van der Waals surface area contributed by atoms with Gasteiger partial charge in [-0.1, -0.05) is 6.07 Å². The van der Waals surface area contributed by atoms with Crippen LogP contribution in [0, 0.1) is 0 Å². The summed E-state index contributed by atoms with van der Waals surface area (Å²) < 4.78 is 7.14. The first-order valence-corrected chi connectivity index (χ1v) is 8.50. The van der Waals surface area contributed by atoms with Crippen molar-refractivity contribution in [1.82, 2.24) is 25.4 Å². The first kappa shape index (κ1) is 17.2. The predicted octanol–water partition coefficient (Wildman–Crippen LogP) is 1.00. The zero-order valence-electron chi connectivity index (χ0n) is 14.4. The second kappa shape index (κ2) is 8.48. The van der Waals surface area contributed by atoms with Crippen LogP contribution in [0.15, 0.2) is 36.8 Å². The van der Waals surface area contributed by atoms with E-state index in [0.29, 0.717) is 13.1 Å². The Labute approximate surface area is 147 Å². The summed E-state index contributed by atoms with van der Waals surface area (Å²) in [7, 11) is 0. The summed E-state index contributed by atoms with van der Waals surface area (Å²) in [4.78, 5) is 18.7. The number of carbonyl (C=O) groups excluding carboxylic acids is 1. The van der Waals surface area contributed by atoms with Crippen molar-refractivity contribution in [2.45, 2.75) is 26.1 Å². The molecule has 1 aliphatic rings. The van der Waals surface area contributed by atoms with Crippen molar-refractivity contribution in [3.8, 4) is 0 Å². The summed E-state index contributed by atoms with van der Waals surface area (Å²) in [5.74, 6) is 0.948. The molecule has 134 valence electrons. The highest BCUT2D eigenvalue weighted by Crippen LogP contribution is 2.12. The summed E-state index contributed by atoms with van der Waals surface area (Å²) in [5.41, 5.74) is 0.965. The van der Waals surface area contributed by atoms with Gasteiger partial charge in [0.1, 0.15) is 5.82 Å². The lowest BCUT2D eigenvalue weighted by atomic mass is 10.2. The van der Waals surface area contributed by atoms with Crippen LogP contribution >= 0.6 is 0 Å². The fraction of sp³-hybridized carbons (Fsp3) is 0.471. The summed E-state index contributed by atoms with van der Waals surface area (Å²) in [6, 6.07) is 5.63. The van der Waals surface area contributed by atoms with Crippen LogP contribution < -0.4 is 15.5 Å². The smallest absolute Gasteiger partial charge is 0.315 e. The van der Waals surface area contributed by atoms with Crippen molar-refractivity contribution in [2.75, 3.05) is 31.2 Å². The zero-order chi connectivity index (χ0) is 17.5. The number of nitrogens with zero attached hydrogens (tertiary/aromatic N) is 4. The number of carbonyl (C=O) groups is 1. The maximum absolute atomic E-state index is 12.0. The van der Waals surface area contributed by atoms with Gasteiger partial charge >= 0.3 is 6.03 Å². The molecule has 0 aliphatic carbocycles. The number of morpholine rings is 1. The van der Waals surface area contributed by atoms with E-state index >= 15 is 0 Å². The molecule has 8 nitrogen and oxygen atoms in total. The summed E-state index contributed by atoms with van der Waals surface area (Å²) in [6.45, 7) is 6.22. The minimum atomic E-state index is -0.197. The second-order valence-corrected chi connectivity index (χ2v) is 6.08. The third-order valence-electron chi connectivity index (χ3n) is 3.99. The first-order valence-electron chi connectivity index (χ1n) is 8.50. The van der Waals surface area contributed by atoms with E-state index in [4.69, 9.17) is 4.74 Å². The largest absolute Gasteiger partial charge is 0.378 e. The van der Waals surface area contributed by atoms with Crippen LogP contribution in [0.1, 0.15) is 12.5 Å². The Balaban J connectivity index is 1.42. The number of amides is 2. The maximum Gasteiger partial charge on any atom is 0.315 e. The lowest BCUT2D eigenvalue weighted by molar-refractivity contribution is 0.122. The number of hydrogen-bond donors (Lipinski definition) is 2. The van der Waals surface area contributed by atoms with Crippen LogP contribution in [0.5, 0.6) is 0 Å². The molecule has 0 radical (unpaired) electrons. The van der Waals surface area contributed by atoms with Crippen molar-refractivity contribution >= 4 is 11.8 Å².